The summed E-state index contributed by atoms with van der Waals surface area (Å²) in [4.78, 5) is 42.4. The van der Waals surface area contributed by atoms with Gasteiger partial charge in [-0.05, 0) is 53.4 Å². The second kappa shape index (κ2) is 12.8. The molecule has 0 rings (SSSR count). The fourth-order valence-electron chi connectivity index (χ4n) is 1.63. The Balaban J connectivity index is 4.09. The monoisotopic (exact) mass is 378 g/mol. The van der Waals surface area contributed by atoms with Crippen LogP contribution in [0.5, 0.6) is 0 Å². The minimum absolute atomic E-state index is 0.297. The van der Waals surface area contributed by atoms with Gasteiger partial charge in [0.1, 0.15) is 11.2 Å². The van der Waals surface area contributed by atoms with Crippen molar-refractivity contribution in [2.75, 3.05) is 13.2 Å². The number of carbonyl (C=O) groups is 2. The average Bonchev–Trinajstić information content (AvgIpc) is 2.57. The molecule has 0 heterocycles. The van der Waals surface area contributed by atoms with Gasteiger partial charge in [-0.25, -0.2) is 9.59 Å². The molecule has 0 fully saturated rings. The molecular formula is C18H34O8. The van der Waals surface area contributed by atoms with Gasteiger partial charge in [-0.1, -0.05) is 26.7 Å². The molecule has 0 radical (unpaired) electrons. The highest BCUT2D eigenvalue weighted by Crippen LogP contribution is 2.25. The van der Waals surface area contributed by atoms with Crippen LogP contribution in [-0.4, -0.2) is 36.7 Å². The number of hydrogen-bond donors (Lipinski definition) is 0. The highest BCUT2D eigenvalue weighted by Gasteiger charge is 2.30. The normalized spacial score (nSPS) is 11.8. The van der Waals surface area contributed by atoms with Gasteiger partial charge in [0, 0.05) is 0 Å². The highest BCUT2D eigenvalue weighted by atomic mass is 17.2. The van der Waals surface area contributed by atoms with Gasteiger partial charge in [0.25, 0.3) is 0 Å². The second-order valence-corrected chi connectivity index (χ2v) is 7.26. The van der Waals surface area contributed by atoms with E-state index in [0.29, 0.717) is 26.1 Å². The third-order valence-electron chi connectivity index (χ3n) is 3.44. The van der Waals surface area contributed by atoms with Crippen LogP contribution in [0.25, 0.3) is 0 Å². The first kappa shape index (κ1) is 24.5. The first-order chi connectivity index (χ1) is 12.1. The SMILES string of the molecule is CCCCOC(=O)OOC(C)(C)CCC(C)(C)OOC(=O)OCCCC. The molecular weight excluding hydrogens is 344 g/mol. The van der Waals surface area contributed by atoms with Crippen LogP contribution in [-0.2, 0) is 29.0 Å². The Kier molecular flexibility index (Phi) is 12.0. The van der Waals surface area contributed by atoms with Gasteiger partial charge < -0.3 is 9.47 Å². The molecule has 0 amide bonds. The predicted molar refractivity (Wildman–Crippen MR) is 94.2 cm³/mol. The minimum atomic E-state index is -0.861. The smallest absolute Gasteiger partial charge is 0.432 e. The van der Waals surface area contributed by atoms with Crippen LogP contribution in [0.3, 0.4) is 0 Å². The van der Waals surface area contributed by atoms with Gasteiger partial charge in [0.15, 0.2) is 0 Å². The zero-order valence-corrected chi connectivity index (χ0v) is 16.9. The number of unbranched alkanes of at least 4 members (excludes halogenated alkanes) is 2. The summed E-state index contributed by atoms with van der Waals surface area (Å²) < 4.78 is 9.69. The maximum atomic E-state index is 11.4. The fourth-order valence-corrected chi connectivity index (χ4v) is 1.63. The van der Waals surface area contributed by atoms with Crippen molar-refractivity contribution >= 4 is 12.3 Å². The Morgan fingerprint density at radius 1 is 0.692 bits per heavy atom. The van der Waals surface area contributed by atoms with E-state index in [2.05, 4.69) is 9.78 Å². The molecule has 8 heteroatoms. The van der Waals surface area contributed by atoms with Crippen molar-refractivity contribution in [1.82, 2.24) is 0 Å². The third-order valence-corrected chi connectivity index (χ3v) is 3.44. The number of hydrogen-bond acceptors (Lipinski definition) is 8. The number of ether oxygens (including phenoxy) is 2. The van der Waals surface area contributed by atoms with Gasteiger partial charge in [-0.2, -0.15) is 9.78 Å². The number of carbonyl (C=O) groups excluding carboxylic acids is 2. The molecule has 154 valence electrons. The van der Waals surface area contributed by atoms with E-state index < -0.39 is 23.5 Å². The van der Waals surface area contributed by atoms with Gasteiger partial charge in [-0.3, -0.25) is 9.78 Å². The van der Waals surface area contributed by atoms with Crippen molar-refractivity contribution in [1.29, 1.82) is 0 Å². The Hall–Kier alpha value is -1.54. The summed E-state index contributed by atoms with van der Waals surface area (Å²) in [5, 5.41) is 0. The van der Waals surface area contributed by atoms with E-state index in [0.717, 1.165) is 25.7 Å². The zero-order valence-electron chi connectivity index (χ0n) is 16.9. The van der Waals surface area contributed by atoms with Crippen molar-refractivity contribution in [3.05, 3.63) is 0 Å². The summed E-state index contributed by atoms with van der Waals surface area (Å²) >= 11 is 0. The van der Waals surface area contributed by atoms with E-state index in [4.69, 9.17) is 19.2 Å². The minimum Gasteiger partial charge on any atom is -0.432 e. The molecule has 0 aliphatic carbocycles. The first-order valence-corrected chi connectivity index (χ1v) is 9.16. The fraction of sp³-hybridized carbons (Fsp3) is 0.889. The standard InChI is InChI=1S/C18H34O8/c1-7-9-13-21-15(19)23-25-17(3,4)11-12-18(5,6)26-24-16(20)22-14-10-8-2/h7-14H2,1-6H3. The van der Waals surface area contributed by atoms with E-state index in [9.17, 15) is 9.59 Å². The molecule has 0 aromatic carbocycles. The Labute approximate surface area is 156 Å². The average molecular weight is 378 g/mol. The van der Waals surface area contributed by atoms with Gasteiger partial charge >= 0.3 is 12.3 Å². The molecule has 0 unspecified atom stereocenters. The molecule has 0 saturated heterocycles. The lowest BCUT2D eigenvalue weighted by Gasteiger charge is -2.28. The predicted octanol–water partition coefficient (Wildman–Crippen LogP) is 5.09. The van der Waals surface area contributed by atoms with Crippen molar-refractivity contribution in [3.63, 3.8) is 0 Å². The molecule has 0 bridgehead atoms. The molecule has 0 N–H and O–H groups in total. The van der Waals surface area contributed by atoms with Crippen molar-refractivity contribution < 1.29 is 38.6 Å². The van der Waals surface area contributed by atoms with Crippen LogP contribution in [0, 0.1) is 0 Å². The molecule has 0 aliphatic heterocycles. The van der Waals surface area contributed by atoms with Crippen LogP contribution in [0.1, 0.15) is 80.1 Å². The van der Waals surface area contributed by atoms with Crippen LogP contribution in [0.2, 0.25) is 0 Å². The van der Waals surface area contributed by atoms with E-state index in [1.54, 1.807) is 27.7 Å². The maximum Gasteiger partial charge on any atom is 0.540 e. The summed E-state index contributed by atoms with van der Waals surface area (Å²) in [6, 6.07) is 0. The van der Waals surface area contributed by atoms with Crippen LogP contribution < -0.4 is 0 Å². The Bertz CT molecular complexity index is 368. The summed E-state index contributed by atoms with van der Waals surface area (Å²) in [5.41, 5.74) is -1.52. The van der Waals surface area contributed by atoms with Gasteiger partial charge in [0.05, 0.1) is 13.2 Å². The molecule has 8 nitrogen and oxygen atoms in total. The summed E-state index contributed by atoms with van der Waals surface area (Å²) in [5.74, 6) is 0. The summed E-state index contributed by atoms with van der Waals surface area (Å²) in [6.07, 6.45) is 2.62. The van der Waals surface area contributed by atoms with E-state index >= 15 is 0 Å². The van der Waals surface area contributed by atoms with E-state index in [1.165, 1.54) is 0 Å². The molecule has 0 atom stereocenters. The molecule has 26 heavy (non-hydrogen) atoms. The summed E-state index contributed by atoms with van der Waals surface area (Å²) in [6.45, 7) is 11.6. The lowest BCUT2D eigenvalue weighted by molar-refractivity contribution is -0.334. The Morgan fingerprint density at radius 2 is 1.04 bits per heavy atom. The van der Waals surface area contributed by atoms with Gasteiger partial charge in [0.2, 0.25) is 0 Å². The quantitative estimate of drug-likeness (QED) is 0.189. The Morgan fingerprint density at radius 3 is 1.35 bits per heavy atom. The molecule has 0 aromatic heterocycles. The molecule has 0 spiro atoms. The van der Waals surface area contributed by atoms with Gasteiger partial charge in [-0.15, -0.1) is 0 Å². The van der Waals surface area contributed by atoms with Crippen LogP contribution in [0.4, 0.5) is 9.59 Å². The highest BCUT2D eigenvalue weighted by molar-refractivity contribution is 5.59. The lowest BCUT2D eigenvalue weighted by Crippen LogP contribution is -2.33. The number of rotatable bonds is 13. The lowest BCUT2D eigenvalue weighted by atomic mass is 9.94. The van der Waals surface area contributed by atoms with E-state index in [1.807, 2.05) is 13.8 Å². The largest absolute Gasteiger partial charge is 0.540 e. The topological polar surface area (TPSA) is 89.5 Å². The zero-order chi connectivity index (χ0) is 20.1. The van der Waals surface area contributed by atoms with Crippen molar-refractivity contribution in [3.8, 4) is 0 Å². The first-order valence-electron chi connectivity index (χ1n) is 9.16. The van der Waals surface area contributed by atoms with Crippen LogP contribution in [0.15, 0.2) is 0 Å². The van der Waals surface area contributed by atoms with Crippen molar-refractivity contribution in [2.45, 2.75) is 91.3 Å². The van der Waals surface area contributed by atoms with E-state index in [-0.39, 0.29) is 0 Å². The second-order valence-electron chi connectivity index (χ2n) is 7.26. The molecule has 0 aromatic rings. The van der Waals surface area contributed by atoms with Crippen LogP contribution >= 0.6 is 0 Å². The summed E-state index contributed by atoms with van der Waals surface area (Å²) in [7, 11) is 0. The van der Waals surface area contributed by atoms with Crippen molar-refractivity contribution in [2.24, 2.45) is 0 Å². The molecule has 0 aliphatic rings. The molecule has 0 saturated carbocycles. The maximum absolute atomic E-state index is 11.4. The third kappa shape index (κ3) is 13.7.